The Labute approximate surface area is 205 Å². The van der Waals surface area contributed by atoms with Crippen LogP contribution in [0.5, 0.6) is 11.5 Å². The van der Waals surface area contributed by atoms with Gasteiger partial charge in [0.1, 0.15) is 17.3 Å². The minimum Gasteiger partial charge on any atom is -0.507 e. The van der Waals surface area contributed by atoms with E-state index in [-0.39, 0.29) is 11.3 Å². The van der Waals surface area contributed by atoms with Crippen LogP contribution in [0.1, 0.15) is 34.7 Å². The van der Waals surface area contributed by atoms with E-state index < -0.39 is 17.7 Å². The second-order valence-corrected chi connectivity index (χ2v) is 8.64. The Bertz CT molecular complexity index is 1270. The molecular formula is C29H29NO5. The summed E-state index contributed by atoms with van der Waals surface area (Å²) in [4.78, 5) is 27.9. The highest BCUT2D eigenvalue weighted by Gasteiger charge is 2.46. The van der Waals surface area contributed by atoms with Crippen LogP contribution >= 0.6 is 0 Å². The predicted molar refractivity (Wildman–Crippen MR) is 134 cm³/mol. The Morgan fingerprint density at radius 1 is 0.943 bits per heavy atom. The first-order chi connectivity index (χ1) is 16.9. The molecule has 6 nitrogen and oxygen atoms in total. The maximum atomic E-state index is 13.2. The standard InChI is InChI=1S/C29H29NO5/c1-19-13-14-20(2)24(17-19)27(31)25-26(30(15-8-16-34-3)29(33)28(25)32)21-9-7-12-23(18-21)35-22-10-5-4-6-11-22/h4-7,9-14,17-18,26,31H,8,15-16H2,1-3H3. The molecule has 1 unspecified atom stereocenters. The molecule has 1 fully saturated rings. The van der Waals surface area contributed by atoms with Gasteiger partial charge in [0.05, 0.1) is 11.6 Å². The van der Waals surface area contributed by atoms with E-state index in [4.69, 9.17) is 9.47 Å². The second-order valence-electron chi connectivity index (χ2n) is 8.64. The van der Waals surface area contributed by atoms with E-state index >= 15 is 0 Å². The zero-order chi connectivity index (χ0) is 24.9. The lowest BCUT2D eigenvalue weighted by Crippen LogP contribution is -2.31. The largest absolute Gasteiger partial charge is 0.507 e. The number of ether oxygens (including phenoxy) is 2. The Kier molecular flexibility index (Phi) is 7.32. The van der Waals surface area contributed by atoms with Crippen LogP contribution in [0.3, 0.4) is 0 Å². The first-order valence-electron chi connectivity index (χ1n) is 11.6. The van der Waals surface area contributed by atoms with Crippen LogP contribution in [0.25, 0.3) is 5.76 Å². The van der Waals surface area contributed by atoms with Gasteiger partial charge < -0.3 is 19.5 Å². The van der Waals surface area contributed by atoms with Crippen molar-refractivity contribution in [2.24, 2.45) is 0 Å². The number of aliphatic hydroxyl groups excluding tert-OH is 1. The third-order valence-electron chi connectivity index (χ3n) is 6.09. The normalized spacial score (nSPS) is 17.1. The molecule has 3 aromatic rings. The van der Waals surface area contributed by atoms with Crippen LogP contribution in [0.15, 0.2) is 78.4 Å². The monoisotopic (exact) mass is 471 g/mol. The molecule has 0 saturated carbocycles. The number of hydrogen-bond acceptors (Lipinski definition) is 5. The lowest BCUT2D eigenvalue weighted by molar-refractivity contribution is -0.140. The van der Waals surface area contributed by atoms with Crippen molar-refractivity contribution in [3.63, 3.8) is 0 Å². The zero-order valence-corrected chi connectivity index (χ0v) is 20.2. The summed E-state index contributed by atoms with van der Waals surface area (Å²) in [6, 6.07) is 21.6. The predicted octanol–water partition coefficient (Wildman–Crippen LogP) is 5.55. The smallest absolute Gasteiger partial charge is 0.295 e. The van der Waals surface area contributed by atoms with Crippen molar-refractivity contribution in [2.45, 2.75) is 26.3 Å². The van der Waals surface area contributed by atoms with Gasteiger partial charge in [0, 0.05) is 25.8 Å². The average Bonchev–Trinajstić information content (AvgIpc) is 3.11. The van der Waals surface area contributed by atoms with Crippen molar-refractivity contribution < 1.29 is 24.2 Å². The van der Waals surface area contributed by atoms with Crippen LogP contribution in [-0.2, 0) is 14.3 Å². The fraction of sp³-hybridized carbons (Fsp3) is 0.241. The van der Waals surface area contributed by atoms with Gasteiger partial charge in [0.15, 0.2) is 0 Å². The van der Waals surface area contributed by atoms with Crippen molar-refractivity contribution >= 4 is 17.4 Å². The van der Waals surface area contributed by atoms with Gasteiger partial charge in [-0.1, -0.05) is 48.0 Å². The van der Waals surface area contributed by atoms with E-state index in [9.17, 15) is 14.7 Å². The minimum absolute atomic E-state index is 0.0815. The van der Waals surface area contributed by atoms with E-state index in [0.29, 0.717) is 42.2 Å². The van der Waals surface area contributed by atoms with E-state index in [0.717, 1.165) is 11.1 Å². The lowest BCUT2D eigenvalue weighted by Gasteiger charge is -2.25. The zero-order valence-electron chi connectivity index (χ0n) is 20.2. The first-order valence-corrected chi connectivity index (χ1v) is 11.6. The number of hydrogen-bond donors (Lipinski definition) is 1. The summed E-state index contributed by atoms with van der Waals surface area (Å²) < 4.78 is 11.2. The highest BCUT2D eigenvalue weighted by Crippen LogP contribution is 2.41. The SMILES string of the molecule is COCCCN1C(=O)C(=O)C(=C(O)c2cc(C)ccc2C)C1c1cccc(Oc2ccccc2)c1. The summed E-state index contributed by atoms with van der Waals surface area (Å²) in [5, 5.41) is 11.4. The number of para-hydroxylation sites is 1. The van der Waals surface area contributed by atoms with Gasteiger partial charge >= 0.3 is 0 Å². The quantitative estimate of drug-likeness (QED) is 0.202. The third kappa shape index (κ3) is 5.12. The van der Waals surface area contributed by atoms with Crippen molar-refractivity contribution in [3.05, 3.63) is 101 Å². The topological polar surface area (TPSA) is 76.1 Å². The number of Topliss-reactive ketones (excluding diaryl/α,β-unsaturated/α-hetero) is 1. The number of aryl methyl sites for hydroxylation is 2. The van der Waals surface area contributed by atoms with E-state index in [2.05, 4.69) is 0 Å². The molecule has 180 valence electrons. The van der Waals surface area contributed by atoms with E-state index in [1.807, 2.05) is 86.6 Å². The molecule has 1 heterocycles. The number of aliphatic hydroxyl groups is 1. The van der Waals surface area contributed by atoms with E-state index in [1.54, 1.807) is 7.11 Å². The lowest BCUT2D eigenvalue weighted by atomic mass is 9.93. The minimum atomic E-state index is -0.744. The molecule has 1 aliphatic heterocycles. The number of nitrogens with zero attached hydrogens (tertiary/aromatic N) is 1. The van der Waals surface area contributed by atoms with Crippen LogP contribution in [0.2, 0.25) is 0 Å². The van der Waals surface area contributed by atoms with Gasteiger partial charge in [0.25, 0.3) is 11.7 Å². The summed E-state index contributed by atoms with van der Waals surface area (Å²) in [5.41, 5.74) is 3.07. The first kappa shape index (κ1) is 24.2. The van der Waals surface area contributed by atoms with Gasteiger partial charge in [-0.15, -0.1) is 0 Å². The molecule has 0 aliphatic carbocycles. The summed E-state index contributed by atoms with van der Waals surface area (Å²) in [5.74, 6) is -0.247. The summed E-state index contributed by atoms with van der Waals surface area (Å²) >= 11 is 0. The molecule has 35 heavy (non-hydrogen) atoms. The number of amides is 1. The Morgan fingerprint density at radius 2 is 1.69 bits per heavy atom. The Hall–Kier alpha value is -3.90. The molecule has 3 aromatic carbocycles. The Morgan fingerprint density at radius 3 is 2.43 bits per heavy atom. The number of rotatable bonds is 8. The number of methoxy groups -OCH3 is 1. The van der Waals surface area contributed by atoms with Crippen molar-refractivity contribution in [3.8, 4) is 11.5 Å². The van der Waals surface area contributed by atoms with Crippen LogP contribution in [-0.4, -0.2) is 42.0 Å². The fourth-order valence-corrected chi connectivity index (χ4v) is 4.35. The van der Waals surface area contributed by atoms with Gasteiger partial charge in [-0.2, -0.15) is 0 Å². The molecule has 6 heteroatoms. The van der Waals surface area contributed by atoms with E-state index in [1.165, 1.54) is 4.90 Å². The number of carbonyl (C=O) groups is 2. The van der Waals surface area contributed by atoms with Crippen molar-refractivity contribution in [1.82, 2.24) is 4.90 Å². The average molecular weight is 472 g/mol. The molecule has 0 aromatic heterocycles. The summed E-state index contributed by atoms with van der Waals surface area (Å²) in [6.07, 6.45) is 0.559. The molecule has 4 rings (SSSR count). The van der Waals surface area contributed by atoms with Crippen molar-refractivity contribution in [2.75, 3.05) is 20.3 Å². The van der Waals surface area contributed by atoms with Crippen LogP contribution in [0.4, 0.5) is 0 Å². The molecule has 0 bridgehead atoms. The third-order valence-corrected chi connectivity index (χ3v) is 6.09. The Balaban J connectivity index is 1.82. The molecule has 1 saturated heterocycles. The van der Waals surface area contributed by atoms with Gasteiger partial charge in [-0.05, 0) is 61.7 Å². The van der Waals surface area contributed by atoms with Crippen molar-refractivity contribution in [1.29, 1.82) is 0 Å². The number of carbonyl (C=O) groups excluding carboxylic acids is 2. The van der Waals surface area contributed by atoms with Crippen LogP contribution in [0, 0.1) is 13.8 Å². The number of benzene rings is 3. The highest BCUT2D eigenvalue weighted by molar-refractivity contribution is 6.46. The van der Waals surface area contributed by atoms with Crippen LogP contribution < -0.4 is 4.74 Å². The molecule has 0 radical (unpaired) electrons. The van der Waals surface area contributed by atoms with Gasteiger partial charge in [0.2, 0.25) is 0 Å². The maximum Gasteiger partial charge on any atom is 0.295 e. The fourth-order valence-electron chi connectivity index (χ4n) is 4.35. The summed E-state index contributed by atoms with van der Waals surface area (Å²) in [6.45, 7) is 4.55. The highest BCUT2D eigenvalue weighted by atomic mass is 16.5. The van der Waals surface area contributed by atoms with Gasteiger partial charge in [-0.25, -0.2) is 0 Å². The second kappa shape index (κ2) is 10.6. The summed E-state index contributed by atoms with van der Waals surface area (Å²) in [7, 11) is 1.59. The maximum absolute atomic E-state index is 13.2. The number of likely N-dealkylation sites (tertiary alicyclic amines) is 1. The van der Waals surface area contributed by atoms with Gasteiger partial charge in [-0.3, -0.25) is 9.59 Å². The molecule has 1 atom stereocenters. The number of ketones is 1. The molecule has 1 amide bonds. The molecule has 0 spiro atoms. The molecule has 1 aliphatic rings. The molecule has 1 N–H and O–H groups in total. The molecular weight excluding hydrogens is 442 g/mol.